The van der Waals surface area contributed by atoms with Crippen LogP contribution in [0, 0.1) is 0 Å². The van der Waals surface area contributed by atoms with Gasteiger partial charge in [0.15, 0.2) is 0 Å². The molecule has 0 radical (unpaired) electrons. The molecular weight excluding hydrogens is 264 g/mol. The molecule has 0 aliphatic rings. The molecule has 3 aromatic rings. The Kier molecular flexibility index (Phi) is 7.02. The van der Waals surface area contributed by atoms with Gasteiger partial charge in [0.1, 0.15) is 0 Å². The molecule has 0 fully saturated rings. The average Bonchev–Trinajstić information content (AvgIpc) is 2.63. The van der Waals surface area contributed by atoms with Crippen molar-refractivity contribution in [2.45, 2.75) is 0 Å². The molecular formula is C22H20. The van der Waals surface area contributed by atoms with Gasteiger partial charge in [-0.15, -0.1) is 0 Å². The van der Waals surface area contributed by atoms with Crippen LogP contribution in [0.2, 0.25) is 0 Å². The van der Waals surface area contributed by atoms with Crippen LogP contribution in [0.1, 0.15) is 11.1 Å². The van der Waals surface area contributed by atoms with Crippen LogP contribution in [0.5, 0.6) is 0 Å². The molecule has 0 heteroatoms. The summed E-state index contributed by atoms with van der Waals surface area (Å²) >= 11 is 0. The molecule has 0 saturated heterocycles. The molecule has 0 spiro atoms. The molecule has 0 heterocycles. The third-order valence-electron chi connectivity index (χ3n) is 2.95. The second kappa shape index (κ2) is 9.95. The smallest absolute Gasteiger partial charge is 0.0257 e. The van der Waals surface area contributed by atoms with E-state index in [1.165, 1.54) is 11.1 Å². The van der Waals surface area contributed by atoms with Crippen molar-refractivity contribution in [1.29, 1.82) is 0 Å². The maximum atomic E-state index is 2.10. The summed E-state index contributed by atoms with van der Waals surface area (Å²) in [6.07, 6.45) is 8.31. The minimum Gasteiger partial charge on any atom is -0.0623 e. The number of hydrogen-bond donors (Lipinski definition) is 0. The molecule has 0 aliphatic heterocycles. The molecule has 0 bridgehead atoms. The van der Waals surface area contributed by atoms with Gasteiger partial charge in [0.25, 0.3) is 0 Å². The van der Waals surface area contributed by atoms with Crippen molar-refractivity contribution in [1.82, 2.24) is 0 Å². The third kappa shape index (κ3) is 6.53. The summed E-state index contributed by atoms with van der Waals surface area (Å²) in [6, 6.07) is 32.6. The van der Waals surface area contributed by atoms with E-state index >= 15 is 0 Å². The standard InChI is InChI=1S/C16H14.C6H6/c1-3-9-15(10-4-1)13-7-8-14-16-11-5-2-6-12-16;1-2-4-6-5-3-1/h1-14H;1-6H. The maximum absolute atomic E-state index is 2.10. The predicted molar refractivity (Wildman–Crippen MR) is 97.4 cm³/mol. The molecule has 0 amide bonds. The van der Waals surface area contributed by atoms with E-state index in [-0.39, 0.29) is 0 Å². The highest BCUT2D eigenvalue weighted by atomic mass is 13.9. The number of rotatable bonds is 3. The largest absolute Gasteiger partial charge is 0.0623 e. The van der Waals surface area contributed by atoms with Gasteiger partial charge in [-0.05, 0) is 11.1 Å². The molecule has 108 valence electrons. The lowest BCUT2D eigenvalue weighted by Gasteiger charge is -1.90. The Bertz CT molecular complexity index is 591. The Morgan fingerprint density at radius 1 is 0.364 bits per heavy atom. The Balaban J connectivity index is 0.000000246. The van der Waals surface area contributed by atoms with Crippen molar-refractivity contribution in [3.8, 4) is 0 Å². The summed E-state index contributed by atoms with van der Waals surface area (Å²) < 4.78 is 0. The molecule has 0 atom stereocenters. The summed E-state index contributed by atoms with van der Waals surface area (Å²) in [4.78, 5) is 0. The molecule has 3 aromatic carbocycles. The van der Waals surface area contributed by atoms with Crippen LogP contribution in [-0.4, -0.2) is 0 Å². The van der Waals surface area contributed by atoms with Gasteiger partial charge in [-0.3, -0.25) is 0 Å². The van der Waals surface area contributed by atoms with Gasteiger partial charge in [-0.1, -0.05) is 121 Å². The van der Waals surface area contributed by atoms with Gasteiger partial charge < -0.3 is 0 Å². The maximum Gasteiger partial charge on any atom is -0.0257 e. The van der Waals surface area contributed by atoms with E-state index in [9.17, 15) is 0 Å². The first-order valence-electron chi connectivity index (χ1n) is 7.40. The summed E-state index contributed by atoms with van der Waals surface area (Å²) in [5.74, 6) is 0. The van der Waals surface area contributed by atoms with E-state index < -0.39 is 0 Å². The summed E-state index contributed by atoms with van der Waals surface area (Å²) in [6.45, 7) is 0. The molecule has 3 rings (SSSR count). The third-order valence-corrected chi connectivity index (χ3v) is 2.95. The molecule has 0 nitrogen and oxygen atoms in total. The Labute approximate surface area is 133 Å². The van der Waals surface area contributed by atoms with Crippen molar-refractivity contribution in [3.05, 3.63) is 120 Å². The molecule has 0 saturated carbocycles. The van der Waals surface area contributed by atoms with E-state index in [0.29, 0.717) is 0 Å². The first-order valence-corrected chi connectivity index (χ1v) is 7.40. The van der Waals surface area contributed by atoms with Gasteiger partial charge in [0.2, 0.25) is 0 Å². The lowest BCUT2D eigenvalue weighted by molar-refractivity contribution is 1.65. The molecule has 0 aromatic heterocycles. The van der Waals surface area contributed by atoms with Crippen molar-refractivity contribution in [3.63, 3.8) is 0 Å². The highest BCUT2D eigenvalue weighted by molar-refractivity contribution is 5.56. The predicted octanol–water partition coefficient (Wildman–Crippen LogP) is 6.10. The quantitative estimate of drug-likeness (QED) is 0.510. The van der Waals surface area contributed by atoms with Gasteiger partial charge in [0, 0.05) is 0 Å². The Morgan fingerprint density at radius 3 is 0.955 bits per heavy atom. The van der Waals surface area contributed by atoms with Crippen LogP contribution < -0.4 is 0 Å². The highest BCUT2D eigenvalue weighted by Gasteiger charge is 1.81. The van der Waals surface area contributed by atoms with Gasteiger partial charge in [-0.25, -0.2) is 0 Å². The fourth-order valence-corrected chi connectivity index (χ4v) is 1.85. The van der Waals surface area contributed by atoms with E-state index in [1.807, 2.05) is 72.8 Å². The first kappa shape index (κ1) is 15.5. The molecule has 0 N–H and O–H groups in total. The zero-order chi connectivity index (χ0) is 15.3. The van der Waals surface area contributed by atoms with Gasteiger partial charge in [-0.2, -0.15) is 0 Å². The van der Waals surface area contributed by atoms with Crippen molar-refractivity contribution in [2.24, 2.45) is 0 Å². The zero-order valence-electron chi connectivity index (χ0n) is 12.5. The normalized spacial score (nSPS) is 10.4. The number of allylic oxidation sites excluding steroid dienone is 2. The highest BCUT2D eigenvalue weighted by Crippen LogP contribution is 2.03. The fraction of sp³-hybridized carbons (Fsp3) is 0. The first-order chi connectivity index (χ1) is 10.9. The van der Waals surface area contributed by atoms with Crippen LogP contribution in [0.3, 0.4) is 0 Å². The second-order valence-corrected chi connectivity index (χ2v) is 4.69. The fourth-order valence-electron chi connectivity index (χ4n) is 1.85. The number of hydrogen-bond acceptors (Lipinski definition) is 0. The SMILES string of the molecule is C(C=Cc1ccccc1)=Cc1ccccc1.c1ccccc1. The van der Waals surface area contributed by atoms with Gasteiger partial charge >= 0.3 is 0 Å². The monoisotopic (exact) mass is 284 g/mol. The Hall–Kier alpha value is -2.86. The average molecular weight is 284 g/mol. The minimum atomic E-state index is 1.22. The van der Waals surface area contributed by atoms with Crippen LogP contribution in [0.25, 0.3) is 12.2 Å². The lowest BCUT2D eigenvalue weighted by Crippen LogP contribution is -1.68. The van der Waals surface area contributed by atoms with E-state index in [1.54, 1.807) is 0 Å². The van der Waals surface area contributed by atoms with Gasteiger partial charge in [0.05, 0.1) is 0 Å². The summed E-state index contributed by atoms with van der Waals surface area (Å²) in [5, 5.41) is 0. The summed E-state index contributed by atoms with van der Waals surface area (Å²) in [5.41, 5.74) is 2.44. The molecule has 22 heavy (non-hydrogen) atoms. The van der Waals surface area contributed by atoms with Crippen molar-refractivity contribution >= 4 is 12.2 Å². The number of benzene rings is 3. The van der Waals surface area contributed by atoms with Crippen LogP contribution >= 0.6 is 0 Å². The van der Waals surface area contributed by atoms with E-state index in [2.05, 4.69) is 48.6 Å². The van der Waals surface area contributed by atoms with E-state index in [4.69, 9.17) is 0 Å². The Morgan fingerprint density at radius 2 is 0.636 bits per heavy atom. The lowest BCUT2D eigenvalue weighted by atomic mass is 10.2. The minimum absolute atomic E-state index is 1.22. The topological polar surface area (TPSA) is 0 Å². The summed E-state index contributed by atoms with van der Waals surface area (Å²) in [7, 11) is 0. The zero-order valence-corrected chi connectivity index (χ0v) is 12.5. The van der Waals surface area contributed by atoms with Crippen LogP contribution in [-0.2, 0) is 0 Å². The molecule has 0 unspecified atom stereocenters. The molecule has 0 aliphatic carbocycles. The van der Waals surface area contributed by atoms with Crippen molar-refractivity contribution in [2.75, 3.05) is 0 Å². The van der Waals surface area contributed by atoms with Crippen molar-refractivity contribution < 1.29 is 0 Å². The van der Waals surface area contributed by atoms with E-state index in [0.717, 1.165) is 0 Å². The van der Waals surface area contributed by atoms with Crippen LogP contribution in [0.4, 0.5) is 0 Å². The van der Waals surface area contributed by atoms with Crippen LogP contribution in [0.15, 0.2) is 109 Å². The second-order valence-electron chi connectivity index (χ2n) is 4.69.